The molecule has 0 saturated carbocycles. The Balaban J connectivity index is 2.29. The van der Waals surface area contributed by atoms with Crippen molar-refractivity contribution in [1.29, 1.82) is 0 Å². The lowest BCUT2D eigenvalue weighted by Crippen LogP contribution is -2.13. The molecule has 0 aromatic carbocycles. The van der Waals surface area contributed by atoms with Gasteiger partial charge < -0.3 is 10.4 Å². The molecule has 0 aromatic heterocycles. The molecule has 66 valence electrons. The molecular formula is C9H13NO2. The van der Waals surface area contributed by atoms with Gasteiger partial charge in [-0.2, -0.15) is 0 Å². The number of nitrogens with one attached hydrogen (secondary N) is 1. The van der Waals surface area contributed by atoms with E-state index >= 15 is 0 Å². The first-order valence-electron chi connectivity index (χ1n) is 4.07. The van der Waals surface area contributed by atoms with E-state index < -0.39 is 0 Å². The van der Waals surface area contributed by atoms with E-state index in [1.807, 2.05) is 6.08 Å². The van der Waals surface area contributed by atoms with Gasteiger partial charge in [0.05, 0.1) is 5.76 Å². The molecule has 0 heterocycles. The highest BCUT2D eigenvalue weighted by molar-refractivity contribution is 5.45. The fourth-order valence-corrected chi connectivity index (χ4v) is 1.17. The van der Waals surface area contributed by atoms with Gasteiger partial charge in [-0.05, 0) is 18.9 Å². The van der Waals surface area contributed by atoms with E-state index in [0.717, 1.165) is 19.3 Å². The van der Waals surface area contributed by atoms with Crippen LogP contribution in [0.5, 0.6) is 0 Å². The minimum atomic E-state index is 0.446. The molecule has 1 aliphatic rings. The highest BCUT2D eigenvalue weighted by Gasteiger charge is 2.03. The highest BCUT2D eigenvalue weighted by atomic mass is 16.3. The van der Waals surface area contributed by atoms with Crippen molar-refractivity contribution in [1.82, 2.24) is 5.32 Å². The fourth-order valence-electron chi connectivity index (χ4n) is 1.17. The molecule has 1 rings (SSSR count). The molecule has 3 heteroatoms. The van der Waals surface area contributed by atoms with Gasteiger partial charge in [-0.1, -0.05) is 11.6 Å². The van der Waals surface area contributed by atoms with Crippen LogP contribution in [0.15, 0.2) is 23.5 Å². The van der Waals surface area contributed by atoms with Gasteiger partial charge in [0.25, 0.3) is 0 Å². The van der Waals surface area contributed by atoms with Crippen molar-refractivity contribution in [3.8, 4) is 0 Å². The lowest BCUT2D eigenvalue weighted by atomic mass is 10.0. The number of carbonyl (C=O) groups excluding carboxylic acids is 1. The van der Waals surface area contributed by atoms with Crippen LogP contribution in [0.1, 0.15) is 19.3 Å². The van der Waals surface area contributed by atoms with Crippen molar-refractivity contribution >= 4 is 6.41 Å². The normalized spacial score (nSPS) is 16.3. The predicted molar refractivity (Wildman–Crippen MR) is 46.7 cm³/mol. The second kappa shape index (κ2) is 4.59. The molecule has 0 atom stereocenters. The van der Waals surface area contributed by atoms with Crippen LogP contribution in [0.4, 0.5) is 0 Å². The minimum Gasteiger partial charge on any atom is -0.512 e. The molecule has 1 aliphatic carbocycles. The number of allylic oxidation sites excluding steroid dienone is 3. The number of carbonyl (C=O) groups is 1. The van der Waals surface area contributed by atoms with Gasteiger partial charge in [-0.15, -0.1) is 0 Å². The SMILES string of the molecule is O=CNCCC1=CC=C(O)CC1. The molecule has 0 radical (unpaired) electrons. The van der Waals surface area contributed by atoms with E-state index in [2.05, 4.69) is 5.32 Å². The third kappa shape index (κ3) is 2.78. The first kappa shape index (κ1) is 8.84. The predicted octanol–water partition coefficient (Wildman–Crippen LogP) is 1.28. The van der Waals surface area contributed by atoms with Gasteiger partial charge in [0.2, 0.25) is 6.41 Å². The molecule has 2 N–H and O–H groups in total. The molecule has 0 aliphatic heterocycles. The van der Waals surface area contributed by atoms with Crippen molar-refractivity contribution in [3.63, 3.8) is 0 Å². The standard InChI is InChI=1S/C9H13NO2/c11-7-10-6-5-8-1-3-9(12)4-2-8/h1,3,7,12H,2,4-6H2,(H,10,11). The van der Waals surface area contributed by atoms with Crippen LogP contribution in [0.3, 0.4) is 0 Å². The molecule has 0 saturated heterocycles. The first-order chi connectivity index (χ1) is 5.83. The second-order valence-corrected chi connectivity index (χ2v) is 2.80. The molecule has 1 amide bonds. The van der Waals surface area contributed by atoms with Crippen LogP contribution in [-0.4, -0.2) is 18.1 Å². The Morgan fingerprint density at radius 1 is 1.50 bits per heavy atom. The van der Waals surface area contributed by atoms with Gasteiger partial charge >= 0.3 is 0 Å². The Hall–Kier alpha value is -1.25. The summed E-state index contributed by atoms with van der Waals surface area (Å²) in [5.74, 6) is 0.446. The van der Waals surface area contributed by atoms with Crippen molar-refractivity contribution in [2.75, 3.05) is 6.54 Å². The third-order valence-corrected chi connectivity index (χ3v) is 1.89. The van der Waals surface area contributed by atoms with E-state index in [-0.39, 0.29) is 0 Å². The smallest absolute Gasteiger partial charge is 0.207 e. The summed E-state index contributed by atoms with van der Waals surface area (Å²) in [7, 11) is 0. The van der Waals surface area contributed by atoms with Gasteiger partial charge in [0.1, 0.15) is 0 Å². The molecule has 0 bridgehead atoms. The third-order valence-electron chi connectivity index (χ3n) is 1.89. The Morgan fingerprint density at radius 2 is 2.33 bits per heavy atom. The summed E-state index contributed by atoms with van der Waals surface area (Å²) in [6, 6.07) is 0. The molecule has 0 aromatic rings. The number of hydrogen-bond donors (Lipinski definition) is 2. The average molecular weight is 167 g/mol. The lowest BCUT2D eigenvalue weighted by Gasteiger charge is -2.10. The summed E-state index contributed by atoms with van der Waals surface area (Å²) in [5.41, 5.74) is 1.28. The number of hydrogen-bond acceptors (Lipinski definition) is 2. The molecule has 0 spiro atoms. The van der Waals surface area contributed by atoms with E-state index in [9.17, 15) is 4.79 Å². The Kier molecular flexibility index (Phi) is 3.38. The van der Waals surface area contributed by atoms with Crippen LogP contribution >= 0.6 is 0 Å². The van der Waals surface area contributed by atoms with Crippen LogP contribution in [0, 0.1) is 0 Å². The summed E-state index contributed by atoms with van der Waals surface area (Å²) >= 11 is 0. The van der Waals surface area contributed by atoms with Crippen LogP contribution in [0.25, 0.3) is 0 Å². The summed E-state index contributed by atoms with van der Waals surface area (Å²) in [6.07, 6.45) is 6.86. The number of amides is 1. The molecule has 3 nitrogen and oxygen atoms in total. The van der Waals surface area contributed by atoms with Crippen LogP contribution < -0.4 is 5.32 Å². The number of aliphatic hydroxyl groups excluding tert-OH is 1. The van der Waals surface area contributed by atoms with Crippen molar-refractivity contribution in [2.45, 2.75) is 19.3 Å². The Morgan fingerprint density at radius 3 is 2.92 bits per heavy atom. The van der Waals surface area contributed by atoms with Gasteiger partial charge in [-0.3, -0.25) is 4.79 Å². The maximum Gasteiger partial charge on any atom is 0.207 e. The zero-order valence-electron chi connectivity index (χ0n) is 6.92. The van der Waals surface area contributed by atoms with Crippen molar-refractivity contribution in [2.24, 2.45) is 0 Å². The highest BCUT2D eigenvalue weighted by Crippen LogP contribution is 2.18. The topological polar surface area (TPSA) is 49.3 Å². The second-order valence-electron chi connectivity index (χ2n) is 2.80. The summed E-state index contributed by atoms with van der Waals surface area (Å²) in [5, 5.41) is 11.6. The summed E-state index contributed by atoms with van der Waals surface area (Å²) in [6.45, 7) is 0.684. The number of rotatable bonds is 4. The Labute approximate surface area is 71.8 Å². The quantitative estimate of drug-likeness (QED) is 0.489. The van der Waals surface area contributed by atoms with Crippen molar-refractivity contribution < 1.29 is 9.90 Å². The molecule has 0 fully saturated rings. The van der Waals surface area contributed by atoms with Crippen LogP contribution in [0.2, 0.25) is 0 Å². The summed E-state index contributed by atoms with van der Waals surface area (Å²) < 4.78 is 0. The molecule has 12 heavy (non-hydrogen) atoms. The molecular weight excluding hydrogens is 154 g/mol. The number of aliphatic hydroxyl groups is 1. The lowest BCUT2D eigenvalue weighted by molar-refractivity contribution is -0.109. The van der Waals surface area contributed by atoms with E-state index in [4.69, 9.17) is 5.11 Å². The van der Waals surface area contributed by atoms with E-state index in [0.29, 0.717) is 18.7 Å². The maximum absolute atomic E-state index is 9.92. The minimum absolute atomic E-state index is 0.446. The van der Waals surface area contributed by atoms with E-state index in [1.54, 1.807) is 6.08 Å². The van der Waals surface area contributed by atoms with Gasteiger partial charge in [0.15, 0.2) is 0 Å². The largest absolute Gasteiger partial charge is 0.512 e. The van der Waals surface area contributed by atoms with Crippen molar-refractivity contribution in [3.05, 3.63) is 23.5 Å². The zero-order chi connectivity index (χ0) is 8.81. The van der Waals surface area contributed by atoms with Crippen LogP contribution in [-0.2, 0) is 4.79 Å². The molecule has 0 unspecified atom stereocenters. The Bertz CT molecular complexity index is 219. The van der Waals surface area contributed by atoms with E-state index in [1.165, 1.54) is 5.57 Å². The maximum atomic E-state index is 9.92. The fraction of sp³-hybridized carbons (Fsp3) is 0.444. The summed E-state index contributed by atoms with van der Waals surface area (Å²) in [4.78, 5) is 9.92. The monoisotopic (exact) mass is 167 g/mol. The van der Waals surface area contributed by atoms with Gasteiger partial charge in [-0.25, -0.2) is 0 Å². The van der Waals surface area contributed by atoms with Gasteiger partial charge in [0, 0.05) is 13.0 Å². The first-order valence-corrected chi connectivity index (χ1v) is 4.07. The zero-order valence-corrected chi connectivity index (χ0v) is 6.92. The average Bonchev–Trinajstić information content (AvgIpc) is 2.09.